The fourth-order valence-corrected chi connectivity index (χ4v) is 3.13. The topological polar surface area (TPSA) is 27.1 Å². The van der Waals surface area contributed by atoms with Crippen molar-refractivity contribution in [1.82, 2.24) is 9.78 Å². The summed E-state index contributed by atoms with van der Waals surface area (Å²) in [5, 5.41) is 4.86. The first-order chi connectivity index (χ1) is 11.9. The van der Waals surface area contributed by atoms with Crippen molar-refractivity contribution in [2.75, 3.05) is 0 Å². The third-order valence-electron chi connectivity index (χ3n) is 4.27. The summed E-state index contributed by atoms with van der Waals surface area (Å²) in [6, 6.07) is 26.3. The molecule has 0 saturated heterocycles. The quantitative estimate of drug-likeness (QED) is 0.419. The Labute approximate surface area is 139 Å². The van der Waals surface area contributed by atoms with Crippen LogP contribution in [0.15, 0.2) is 85.1 Å². The zero-order valence-corrected chi connectivity index (χ0v) is 12.9. The van der Waals surface area contributed by atoms with Gasteiger partial charge in [0.25, 0.3) is 0 Å². The second kappa shape index (κ2) is 5.10. The third-order valence-corrected chi connectivity index (χ3v) is 4.27. The molecule has 1 aliphatic heterocycles. The minimum absolute atomic E-state index is 0.835. The summed E-state index contributed by atoms with van der Waals surface area (Å²) in [6.07, 6.45) is 2.08. The zero-order chi connectivity index (χ0) is 15.9. The van der Waals surface area contributed by atoms with E-state index in [0.29, 0.717) is 0 Å². The number of nitrogens with zero attached hydrogens (tertiary/aromatic N) is 2. The average Bonchev–Trinajstić information content (AvgIpc) is 3.03. The van der Waals surface area contributed by atoms with Gasteiger partial charge in [-0.3, -0.25) is 0 Å². The molecule has 0 fully saturated rings. The summed E-state index contributed by atoms with van der Waals surface area (Å²) in [5.74, 6) is 1.69. The van der Waals surface area contributed by atoms with E-state index in [1.165, 1.54) is 0 Å². The molecule has 114 valence electrons. The molecule has 3 aromatic carbocycles. The zero-order valence-electron chi connectivity index (χ0n) is 12.9. The number of hydrogen-bond acceptors (Lipinski definition) is 2. The molecule has 0 bridgehead atoms. The van der Waals surface area contributed by atoms with E-state index >= 15 is 0 Å². The van der Waals surface area contributed by atoms with Gasteiger partial charge in [-0.05, 0) is 30.3 Å². The van der Waals surface area contributed by atoms with Crippen LogP contribution in [0.25, 0.3) is 28.1 Å². The van der Waals surface area contributed by atoms with Gasteiger partial charge in [-0.15, -0.1) is 0 Å². The minimum Gasteiger partial charge on any atom is -0.456 e. The Kier molecular flexibility index (Phi) is 2.79. The molecule has 24 heavy (non-hydrogen) atoms. The fourth-order valence-electron chi connectivity index (χ4n) is 3.13. The molecule has 0 aliphatic carbocycles. The molecular weight excluding hydrogens is 296 g/mol. The Balaban J connectivity index is 1.82. The first-order valence-corrected chi connectivity index (χ1v) is 7.92. The van der Waals surface area contributed by atoms with E-state index in [1.807, 2.05) is 59.3 Å². The summed E-state index contributed by atoms with van der Waals surface area (Å²) in [5.41, 5.74) is 5.14. The van der Waals surface area contributed by atoms with E-state index in [1.54, 1.807) is 0 Å². The van der Waals surface area contributed by atoms with Gasteiger partial charge in [0.05, 0.1) is 5.69 Å². The second-order valence-electron chi connectivity index (χ2n) is 5.77. The lowest BCUT2D eigenvalue weighted by Gasteiger charge is -2.08. The fraction of sp³-hybridized carbons (Fsp3) is 0. The number of aromatic nitrogens is 2. The summed E-state index contributed by atoms with van der Waals surface area (Å²) in [6.45, 7) is 0. The minimum atomic E-state index is 0.835. The van der Waals surface area contributed by atoms with Crippen molar-refractivity contribution in [3.05, 3.63) is 85.1 Å². The Morgan fingerprint density at radius 1 is 0.625 bits per heavy atom. The molecule has 0 N–H and O–H groups in total. The van der Waals surface area contributed by atoms with Gasteiger partial charge in [0, 0.05) is 22.9 Å². The Bertz CT molecular complexity index is 972. The van der Waals surface area contributed by atoms with Crippen LogP contribution >= 0.6 is 0 Å². The van der Waals surface area contributed by atoms with Crippen LogP contribution in [0.1, 0.15) is 0 Å². The summed E-state index contributed by atoms with van der Waals surface area (Å²) >= 11 is 0. The molecule has 0 spiro atoms. The summed E-state index contributed by atoms with van der Waals surface area (Å²) < 4.78 is 8.07. The molecule has 0 amide bonds. The van der Waals surface area contributed by atoms with E-state index < -0.39 is 0 Å². The maximum atomic E-state index is 6.14. The van der Waals surface area contributed by atoms with Crippen LogP contribution in [0.5, 0.6) is 11.5 Å². The number of rotatable bonds is 1. The maximum Gasteiger partial charge on any atom is 0.136 e. The highest BCUT2D eigenvalue weighted by atomic mass is 16.5. The highest BCUT2D eigenvalue weighted by molar-refractivity contribution is 5.88. The van der Waals surface area contributed by atoms with E-state index in [0.717, 1.165) is 39.6 Å². The number of para-hydroxylation sites is 3. The van der Waals surface area contributed by atoms with Gasteiger partial charge in [0.1, 0.15) is 17.2 Å². The predicted molar refractivity (Wildman–Crippen MR) is 94.5 cm³/mol. The van der Waals surface area contributed by atoms with Gasteiger partial charge in [-0.2, -0.15) is 5.10 Å². The van der Waals surface area contributed by atoms with Crippen molar-refractivity contribution in [3.8, 4) is 39.6 Å². The van der Waals surface area contributed by atoms with E-state index in [9.17, 15) is 0 Å². The van der Waals surface area contributed by atoms with Crippen molar-refractivity contribution in [2.45, 2.75) is 0 Å². The summed E-state index contributed by atoms with van der Waals surface area (Å²) in [4.78, 5) is 0. The van der Waals surface area contributed by atoms with Crippen LogP contribution in [0, 0.1) is 0 Å². The average molecular weight is 310 g/mol. The van der Waals surface area contributed by atoms with Crippen LogP contribution < -0.4 is 4.74 Å². The Morgan fingerprint density at radius 3 is 2.04 bits per heavy atom. The van der Waals surface area contributed by atoms with Crippen LogP contribution in [0.4, 0.5) is 0 Å². The molecular formula is C21H14N2O. The number of hydrogen-bond donors (Lipinski definition) is 0. The molecule has 3 heteroatoms. The standard InChI is InChI=1S/C21H14N2O/c1-2-8-15(9-3-1)23-14-18-16-10-4-6-12-19(16)24-20-13-7-5-11-17(20)21(18)22-23/h1-14H. The van der Waals surface area contributed by atoms with Gasteiger partial charge in [0.2, 0.25) is 0 Å². The highest BCUT2D eigenvalue weighted by Crippen LogP contribution is 2.45. The van der Waals surface area contributed by atoms with E-state index in [-0.39, 0.29) is 0 Å². The van der Waals surface area contributed by atoms with Crippen molar-refractivity contribution in [3.63, 3.8) is 0 Å². The molecule has 5 rings (SSSR count). The van der Waals surface area contributed by atoms with Gasteiger partial charge < -0.3 is 4.74 Å². The lowest BCUT2D eigenvalue weighted by Crippen LogP contribution is -1.95. The smallest absolute Gasteiger partial charge is 0.136 e. The second-order valence-corrected chi connectivity index (χ2v) is 5.77. The lowest BCUT2D eigenvalue weighted by molar-refractivity contribution is 0.487. The monoisotopic (exact) mass is 310 g/mol. The first-order valence-electron chi connectivity index (χ1n) is 7.92. The highest BCUT2D eigenvalue weighted by Gasteiger charge is 2.23. The molecule has 0 unspecified atom stereocenters. The molecule has 1 aliphatic rings. The first kappa shape index (κ1) is 13.1. The van der Waals surface area contributed by atoms with Gasteiger partial charge in [0.15, 0.2) is 0 Å². The molecule has 2 heterocycles. The molecule has 0 atom stereocenters. The predicted octanol–water partition coefficient (Wildman–Crippen LogP) is 5.31. The molecule has 3 nitrogen and oxygen atoms in total. The van der Waals surface area contributed by atoms with Gasteiger partial charge >= 0.3 is 0 Å². The molecule has 4 aromatic rings. The number of ether oxygens (including phenoxy) is 1. The van der Waals surface area contributed by atoms with Gasteiger partial charge in [-0.1, -0.05) is 48.5 Å². The van der Waals surface area contributed by atoms with Crippen molar-refractivity contribution >= 4 is 0 Å². The SMILES string of the molecule is c1ccc(-n2cc3c(n2)-c2ccccc2Oc2ccccc2-3)cc1. The van der Waals surface area contributed by atoms with Crippen LogP contribution in [-0.2, 0) is 0 Å². The summed E-state index contributed by atoms with van der Waals surface area (Å²) in [7, 11) is 0. The van der Waals surface area contributed by atoms with Crippen molar-refractivity contribution in [2.24, 2.45) is 0 Å². The van der Waals surface area contributed by atoms with Crippen LogP contribution in [0.2, 0.25) is 0 Å². The largest absolute Gasteiger partial charge is 0.456 e. The van der Waals surface area contributed by atoms with Crippen LogP contribution in [0.3, 0.4) is 0 Å². The van der Waals surface area contributed by atoms with E-state index in [2.05, 4.69) is 30.5 Å². The molecule has 0 radical (unpaired) electrons. The normalized spacial score (nSPS) is 11.7. The molecule has 1 aromatic heterocycles. The van der Waals surface area contributed by atoms with E-state index in [4.69, 9.17) is 9.84 Å². The van der Waals surface area contributed by atoms with Crippen molar-refractivity contribution < 1.29 is 4.74 Å². The van der Waals surface area contributed by atoms with Crippen LogP contribution in [-0.4, -0.2) is 9.78 Å². The number of benzene rings is 3. The Morgan fingerprint density at radius 2 is 1.25 bits per heavy atom. The number of fused-ring (bicyclic) bond motifs is 5. The van der Waals surface area contributed by atoms with Crippen molar-refractivity contribution in [1.29, 1.82) is 0 Å². The Hall–Kier alpha value is -3.33. The molecule has 0 saturated carbocycles. The maximum absolute atomic E-state index is 6.14. The van der Waals surface area contributed by atoms with Gasteiger partial charge in [-0.25, -0.2) is 4.68 Å². The lowest BCUT2D eigenvalue weighted by atomic mass is 10.0. The third kappa shape index (κ3) is 1.95.